The molecule has 0 N–H and O–H groups in total. The Morgan fingerprint density at radius 2 is 1.82 bits per heavy atom. The average Bonchev–Trinajstić information content (AvgIpc) is 2.37. The predicted octanol–water partition coefficient (Wildman–Crippen LogP) is 2.38. The molecule has 22 heavy (non-hydrogen) atoms. The van der Waals surface area contributed by atoms with Gasteiger partial charge in [0, 0.05) is 54.0 Å². The third kappa shape index (κ3) is 11.4. The summed E-state index contributed by atoms with van der Waals surface area (Å²) in [5.74, 6) is 2.81. The van der Waals surface area contributed by atoms with Gasteiger partial charge >= 0.3 is 0 Å². The van der Waals surface area contributed by atoms with Crippen LogP contribution in [0.4, 0.5) is 0 Å². The van der Waals surface area contributed by atoms with Crippen molar-refractivity contribution in [3.8, 4) is 11.2 Å². The molecule has 0 bridgehead atoms. The zero-order valence-electron chi connectivity index (χ0n) is 13.2. The van der Waals surface area contributed by atoms with Crippen molar-refractivity contribution >= 4 is 33.8 Å². The van der Waals surface area contributed by atoms with Crippen LogP contribution in [0, 0.1) is 21.3 Å². The van der Waals surface area contributed by atoms with E-state index >= 15 is 0 Å². The van der Waals surface area contributed by atoms with Gasteiger partial charge in [-0.15, -0.1) is 0 Å². The molecule has 0 aromatic carbocycles. The highest BCUT2D eigenvalue weighted by Crippen LogP contribution is 2.26. The van der Waals surface area contributed by atoms with E-state index in [0.29, 0.717) is 18.5 Å². The number of carbonyl (C=O) groups excluding carboxylic acids is 2. The molecule has 0 heterocycles. The van der Waals surface area contributed by atoms with Crippen LogP contribution in [0.25, 0.3) is 0 Å². The van der Waals surface area contributed by atoms with E-state index in [2.05, 4.69) is 11.2 Å². The molecule has 0 spiro atoms. The van der Waals surface area contributed by atoms with E-state index in [0.717, 1.165) is 28.4 Å². The molecule has 122 valence electrons. The Labute approximate surface area is 139 Å². The van der Waals surface area contributed by atoms with Gasteiger partial charge in [0.05, 0.1) is 0 Å². The van der Waals surface area contributed by atoms with Gasteiger partial charge in [-0.2, -0.15) is 0 Å². The molecule has 0 saturated carbocycles. The monoisotopic (exact) mass is 344 g/mol. The fourth-order valence-electron chi connectivity index (χ4n) is 1.40. The fourth-order valence-corrected chi connectivity index (χ4v) is 2.53. The first-order chi connectivity index (χ1) is 10.2. The average molecular weight is 344 g/mol. The molecule has 8 heteroatoms. The minimum atomic E-state index is -0.415. The summed E-state index contributed by atoms with van der Waals surface area (Å²) in [6.07, 6.45) is 0.741. The van der Waals surface area contributed by atoms with E-state index in [1.54, 1.807) is 0 Å². The predicted molar refractivity (Wildman–Crippen MR) is 91.0 cm³/mol. The molecule has 0 aromatic rings. The fraction of sp³-hybridized carbons (Fsp3) is 0.571. The Balaban J connectivity index is 5.37. The van der Waals surface area contributed by atoms with Crippen molar-refractivity contribution in [3.05, 3.63) is 20.6 Å². The number of nitro groups is 1. The maximum Gasteiger partial charge on any atom is 0.208 e. The van der Waals surface area contributed by atoms with Crippen molar-refractivity contribution in [2.75, 3.05) is 27.2 Å². The zero-order valence-corrected chi connectivity index (χ0v) is 14.8. The van der Waals surface area contributed by atoms with E-state index in [1.165, 1.54) is 13.8 Å². The molecule has 0 aliphatic heterocycles. The standard InChI is InChI=1S/C14H20N2O4S2/c1-11(17)21-10-7-13(5-9-16(19)20)14(22-12(2)18)6-8-15(3)4/h5-6,8-9H2,1-4H3/b14-13+. The van der Waals surface area contributed by atoms with Gasteiger partial charge in [-0.1, -0.05) is 17.7 Å². The quantitative estimate of drug-likeness (QED) is 0.398. The highest BCUT2D eigenvalue weighted by Gasteiger charge is 2.12. The van der Waals surface area contributed by atoms with Crippen LogP contribution < -0.4 is 0 Å². The summed E-state index contributed by atoms with van der Waals surface area (Å²) < 4.78 is 0. The second kappa shape index (κ2) is 11.3. The summed E-state index contributed by atoms with van der Waals surface area (Å²) in [4.78, 5) is 35.2. The molecule has 0 aliphatic rings. The van der Waals surface area contributed by atoms with Gasteiger partial charge < -0.3 is 4.90 Å². The van der Waals surface area contributed by atoms with Crippen LogP contribution in [0.3, 0.4) is 0 Å². The lowest BCUT2D eigenvalue weighted by molar-refractivity contribution is -0.479. The van der Waals surface area contributed by atoms with Crippen molar-refractivity contribution < 1.29 is 14.5 Å². The smallest absolute Gasteiger partial charge is 0.208 e. The Bertz CT molecular complexity index is 519. The first-order valence-electron chi connectivity index (χ1n) is 6.57. The number of hydrogen-bond donors (Lipinski definition) is 0. The SMILES string of the molecule is CC(=O)SC#C/C(CC[N+](=O)[O-])=C(\CCN(C)C)SC(C)=O. The van der Waals surface area contributed by atoms with E-state index in [9.17, 15) is 19.7 Å². The Morgan fingerprint density at radius 1 is 1.18 bits per heavy atom. The Morgan fingerprint density at radius 3 is 2.27 bits per heavy atom. The minimum Gasteiger partial charge on any atom is -0.309 e. The van der Waals surface area contributed by atoms with Crippen LogP contribution in [0.1, 0.15) is 26.7 Å². The van der Waals surface area contributed by atoms with Crippen LogP contribution in [0.2, 0.25) is 0 Å². The van der Waals surface area contributed by atoms with Crippen molar-refractivity contribution in [3.63, 3.8) is 0 Å². The van der Waals surface area contributed by atoms with E-state index in [-0.39, 0.29) is 23.2 Å². The van der Waals surface area contributed by atoms with Crippen molar-refractivity contribution in [1.82, 2.24) is 4.90 Å². The van der Waals surface area contributed by atoms with Gasteiger partial charge in [0.1, 0.15) is 0 Å². The summed E-state index contributed by atoms with van der Waals surface area (Å²) in [5.41, 5.74) is 0.563. The summed E-state index contributed by atoms with van der Waals surface area (Å²) >= 11 is 1.90. The lowest BCUT2D eigenvalue weighted by Crippen LogP contribution is -2.14. The van der Waals surface area contributed by atoms with Gasteiger partial charge in [0.15, 0.2) is 10.2 Å². The van der Waals surface area contributed by atoms with Crippen LogP contribution in [0.15, 0.2) is 10.5 Å². The maximum atomic E-state index is 11.4. The number of hydrogen-bond acceptors (Lipinski definition) is 7. The van der Waals surface area contributed by atoms with Crippen LogP contribution in [-0.2, 0) is 9.59 Å². The molecule has 0 rings (SSSR count). The van der Waals surface area contributed by atoms with Crippen molar-refractivity contribution in [2.24, 2.45) is 0 Å². The summed E-state index contributed by atoms with van der Waals surface area (Å²) in [7, 11) is 3.81. The van der Waals surface area contributed by atoms with E-state index < -0.39 is 4.92 Å². The molecule has 0 aliphatic carbocycles. The van der Waals surface area contributed by atoms with Gasteiger partial charge in [0.2, 0.25) is 6.54 Å². The summed E-state index contributed by atoms with van der Waals surface area (Å²) in [6.45, 7) is 3.30. The maximum absolute atomic E-state index is 11.4. The first kappa shape index (κ1) is 20.7. The highest BCUT2D eigenvalue weighted by molar-refractivity contribution is 8.17. The number of rotatable bonds is 7. The third-order valence-corrected chi connectivity index (χ3v) is 3.81. The molecule has 0 radical (unpaired) electrons. The van der Waals surface area contributed by atoms with Crippen LogP contribution in [0.5, 0.6) is 0 Å². The van der Waals surface area contributed by atoms with Gasteiger partial charge in [-0.25, -0.2) is 0 Å². The highest BCUT2D eigenvalue weighted by atomic mass is 32.2. The van der Waals surface area contributed by atoms with Crippen LogP contribution >= 0.6 is 23.5 Å². The molecule has 0 aromatic heterocycles. The van der Waals surface area contributed by atoms with Crippen molar-refractivity contribution in [1.29, 1.82) is 0 Å². The molecule has 6 nitrogen and oxygen atoms in total. The summed E-state index contributed by atoms with van der Waals surface area (Å²) in [6, 6.07) is 0. The van der Waals surface area contributed by atoms with Gasteiger partial charge in [-0.05, 0) is 25.8 Å². The van der Waals surface area contributed by atoms with Crippen molar-refractivity contribution in [2.45, 2.75) is 26.7 Å². The zero-order chi connectivity index (χ0) is 17.1. The Hall–Kier alpha value is -1.30. The number of nitrogens with zero attached hydrogens (tertiary/aromatic N) is 2. The first-order valence-corrected chi connectivity index (χ1v) is 8.21. The van der Waals surface area contributed by atoms with Gasteiger partial charge in [-0.3, -0.25) is 19.7 Å². The molecular weight excluding hydrogens is 324 g/mol. The second-order valence-electron chi connectivity index (χ2n) is 4.68. The van der Waals surface area contributed by atoms with Gasteiger partial charge in [0.25, 0.3) is 0 Å². The van der Waals surface area contributed by atoms with E-state index in [1.807, 2.05) is 19.0 Å². The lowest BCUT2D eigenvalue weighted by Gasteiger charge is -2.13. The summed E-state index contributed by atoms with van der Waals surface area (Å²) in [5, 5.41) is 13.0. The molecular formula is C14H20N2O4S2. The number of carbonyl (C=O) groups is 2. The number of thioether (sulfide) groups is 2. The van der Waals surface area contributed by atoms with E-state index in [4.69, 9.17) is 0 Å². The minimum absolute atomic E-state index is 0.0895. The second-order valence-corrected chi connectivity index (χ2v) is 6.93. The van der Waals surface area contributed by atoms with Crippen LogP contribution in [-0.4, -0.2) is 47.2 Å². The molecule has 0 amide bonds. The normalized spacial score (nSPS) is 11.5. The topological polar surface area (TPSA) is 80.5 Å². The lowest BCUT2D eigenvalue weighted by atomic mass is 10.1. The molecule has 0 saturated heterocycles. The third-order valence-electron chi connectivity index (χ3n) is 2.33. The largest absolute Gasteiger partial charge is 0.309 e. The molecule has 0 atom stereocenters. The molecule has 0 fully saturated rings. The molecule has 0 unspecified atom stereocenters. The Kier molecular flexibility index (Phi) is 10.6.